The van der Waals surface area contributed by atoms with E-state index in [1.807, 2.05) is 13.8 Å². The van der Waals surface area contributed by atoms with Crippen LogP contribution in [0.5, 0.6) is 5.75 Å². The molecule has 0 fully saturated rings. The minimum absolute atomic E-state index is 0.0812. The average molecular weight is 490 g/mol. The molecule has 0 aromatic heterocycles. The van der Waals surface area contributed by atoms with Crippen molar-refractivity contribution in [3.05, 3.63) is 53.1 Å². The van der Waals surface area contributed by atoms with Crippen molar-refractivity contribution >= 4 is 46.7 Å². The van der Waals surface area contributed by atoms with E-state index in [4.69, 9.17) is 21.1 Å². The molecule has 0 aliphatic rings. The Morgan fingerprint density at radius 2 is 1.68 bits per heavy atom. The van der Waals surface area contributed by atoms with Crippen LogP contribution in [0.2, 0.25) is 5.02 Å². The number of nitrogens with one attached hydrogen (secondary N) is 3. The third-order valence-corrected chi connectivity index (χ3v) is 4.79. The lowest BCUT2D eigenvalue weighted by Gasteiger charge is -2.19. The SMILES string of the molecule is COc1ccc(NC(C)=O)cc1NC(=O)COC(=O)C(CC(C)C)NC(=O)c1ccc(Cl)cc1. The van der Waals surface area contributed by atoms with Crippen LogP contribution in [0.15, 0.2) is 42.5 Å². The van der Waals surface area contributed by atoms with E-state index in [9.17, 15) is 19.2 Å². The molecule has 34 heavy (non-hydrogen) atoms. The lowest BCUT2D eigenvalue weighted by Crippen LogP contribution is -2.43. The number of anilines is 2. The summed E-state index contributed by atoms with van der Waals surface area (Å²) >= 11 is 5.85. The summed E-state index contributed by atoms with van der Waals surface area (Å²) in [5.41, 5.74) is 1.10. The quantitative estimate of drug-likeness (QED) is 0.438. The van der Waals surface area contributed by atoms with Gasteiger partial charge in [-0.3, -0.25) is 14.4 Å². The summed E-state index contributed by atoms with van der Waals surface area (Å²) in [6.45, 7) is 4.59. The van der Waals surface area contributed by atoms with E-state index >= 15 is 0 Å². The van der Waals surface area contributed by atoms with Crippen LogP contribution in [0.3, 0.4) is 0 Å². The van der Waals surface area contributed by atoms with Gasteiger partial charge in [-0.25, -0.2) is 4.79 Å². The molecule has 0 saturated carbocycles. The largest absolute Gasteiger partial charge is 0.495 e. The highest BCUT2D eigenvalue weighted by Crippen LogP contribution is 2.27. The Morgan fingerprint density at radius 3 is 2.26 bits per heavy atom. The number of amides is 3. The standard InChI is InChI=1S/C24H28ClN3O6/c1-14(2)11-20(28-23(31)16-5-7-17(25)8-6-16)24(32)34-13-22(30)27-19-12-18(26-15(3)29)9-10-21(19)33-4/h5-10,12,14,20H,11,13H2,1-4H3,(H,26,29)(H,27,30)(H,28,31). The topological polar surface area (TPSA) is 123 Å². The number of hydrogen-bond donors (Lipinski definition) is 3. The Kier molecular flexibility index (Phi) is 9.88. The zero-order chi connectivity index (χ0) is 25.3. The molecule has 0 spiro atoms. The first-order chi connectivity index (χ1) is 16.1. The van der Waals surface area contributed by atoms with Crippen LogP contribution >= 0.6 is 11.6 Å². The van der Waals surface area contributed by atoms with Gasteiger partial charge in [-0.2, -0.15) is 0 Å². The Bertz CT molecular complexity index is 1040. The van der Waals surface area contributed by atoms with E-state index in [0.717, 1.165) is 0 Å². The summed E-state index contributed by atoms with van der Waals surface area (Å²) in [6, 6.07) is 10.0. The number of methoxy groups -OCH3 is 1. The maximum Gasteiger partial charge on any atom is 0.329 e. The number of benzene rings is 2. The number of carbonyl (C=O) groups is 4. The number of hydrogen-bond acceptors (Lipinski definition) is 6. The van der Waals surface area contributed by atoms with Gasteiger partial charge in [-0.05, 0) is 54.8 Å². The number of halogens is 1. The average Bonchev–Trinajstić information content (AvgIpc) is 2.77. The van der Waals surface area contributed by atoms with Gasteiger partial charge in [0.05, 0.1) is 12.8 Å². The van der Waals surface area contributed by atoms with E-state index in [0.29, 0.717) is 34.1 Å². The Hall–Kier alpha value is -3.59. The summed E-state index contributed by atoms with van der Waals surface area (Å²) < 4.78 is 10.4. The summed E-state index contributed by atoms with van der Waals surface area (Å²) in [6.07, 6.45) is 0.326. The van der Waals surface area contributed by atoms with Crippen LogP contribution < -0.4 is 20.7 Å². The molecule has 3 N–H and O–H groups in total. The number of esters is 1. The van der Waals surface area contributed by atoms with Crippen LogP contribution in [0.1, 0.15) is 37.6 Å². The Labute approximate surface area is 203 Å². The molecule has 182 valence electrons. The molecule has 0 radical (unpaired) electrons. The first kappa shape index (κ1) is 26.7. The number of rotatable bonds is 10. The molecular weight excluding hydrogens is 462 g/mol. The number of carbonyl (C=O) groups excluding carboxylic acids is 4. The fraction of sp³-hybridized carbons (Fsp3) is 0.333. The van der Waals surface area contributed by atoms with E-state index < -0.39 is 30.4 Å². The van der Waals surface area contributed by atoms with Gasteiger partial charge in [0.2, 0.25) is 5.91 Å². The number of ether oxygens (including phenoxy) is 2. The highest BCUT2D eigenvalue weighted by molar-refractivity contribution is 6.30. The van der Waals surface area contributed by atoms with Crippen LogP contribution in [-0.4, -0.2) is 43.4 Å². The summed E-state index contributed by atoms with van der Waals surface area (Å²) in [7, 11) is 1.43. The second-order valence-corrected chi connectivity index (χ2v) is 8.35. The highest BCUT2D eigenvalue weighted by Gasteiger charge is 2.25. The minimum Gasteiger partial charge on any atom is -0.495 e. The maximum absolute atomic E-state index is 12.6. The zero-order valence-electron chi connectivity index (χ0n) is 19.4. The van der Waals surface area contributed by atoms with Crippen molar-refractivity contribution in [1.29, 1.82) is 0 Å². The first-order valence-electron chi connectivity index (χ1n) is 10.6. The third-order valence-electron chi connectivity index (χ3n) is 4.54. The van der Waals surface area contributed by atoms with Gasteiger partial charge < -0.3 is 25.4 Å². The van der Waals surface area contributed by atoms with Crippen molar-refractivity contribution in [1.82, 2.24) is 5.32 Å². The van der Waals surface area contributed by atoms with Gasteiger partial charge in [-0.15, -0.1) is 0 Å². The normalized spacial score (nSPS) is 11.4. The fourth-order valence-electron chi connectivity index (χ4n) is 3.04. The molecular formula is C24H28ClN3O6. The predicted octanol–water partition coefficient (Wildman–Crippen LogP) is 3.63. The monoisotopic (exact) mass is 489 g/mol. The van der Waals surface area contributed by atoms with Gasteiger partial charge in [0.1, 0.15) is 11.8 Å². The molecule has 0 bridgehead atoms. The van der Waals surface area contributed by atoms with E-state index in [1.54, 1.807) is 36.4 Å². The summed E-state index contributed by atoms with van der Waals surface area (Å²) in [4.78, 5) is 48.9. The van der Waals surface area contributed by atoms with Gasteiger partial charge in [-0.1, -0.05) is 25.4 Å². The summed E-state index contributed by atoms with van der Waals surface area (Å²) in [5.74, 6) is -1.63. The van der Waals surface area contributed by atoms with Crippen molar-refractivity contribution in [2.24, 2.45) is 5.92 Å². The third kappa shape index (κ3) is 8.40. The molecule has 10 heteroatoms. The second kappa shape index (κ2) is 12.6. The Morgan fingerprint density at radius 1 is 1.00 bits per heavy atom. The van der Waals surface area contributed by atoms with E-state index in [2.05, 4.69) is 16.0 Å². The minimum atomic E-state index is -0.936. The molecule has 0 aliphatic heterocycles. The van der Waals surface area contributed by atoms with Crippen molar-refractivity contribution in [3.8, 4) is 5.75 Å². The van der Waals surface area contributed by atoms with Crippen LogP contribution in [0, 0.1) is 5.92 Å². The van der Waals surface area contributed by atoms with Crippen LogP contribution in [0.25, 0.3) is 0 Å². The second-order valence-electron chi connectivity index (χ2n) is 7.91. The molecule has 0 heterocycles. The molecule has 1 atom stereocenters. The molecule has 0 aliphatic carbocycles. The first-order valence-corrected chi connectivity index (χ1v) is 11.0. The van der Waals surface area contributed by atoms with Crippen molar-refractivity contribution in [3.63, 3.8) is 0 Å². The zero-order valence-corrected chi connectivity index (χ0v) is 20.2. The van der Waals surface area contributed by atoms with Crippen molar-refractivity contribution in [2.45, 2.75) is 33.2 Å². The van der Waals surface area contributed by atoms with Gasteiger partial charge in [0.25, 0.3) is 11.8 Å². The molecule has 2 aromatic rings. The van der Waals surface area contributed by atoms with E-state index in [-0.39, 0.29) is 11.8 Å². The van der Waals surface area contributed by atoms with Crippen LogP contribution in [0.4, 0.5) is 11.4 Å². The lowest BCUT2D eigenvalue weighted by atomic mass is 10.0. The summed E-state index contributed by atoms with van der Waals surface area (Å²) in [5, 5.41) is 8.34. The molecule has 2 aromatic carbocycles. The molecule has 3 amide bonds. The molecule has 0 saturated heterocycles. The van der Waals surface area contributed by atoms with E-state index in [1.165, 1.54) is 20.1 Å². The fourth-order valence-corrected chi connectivity index (χ4v) is 3.16. The molecule has 9 nitrogen and oxygen atoms in total. The molecule has 2 rings (SSSR count). The van der Waals surface area contributed by atoms with Crippen molar-refractivity contribution in [2.75, 3.05) is 24.4 Å². The van der Waals surface area contributed by atoms with Crippen molar-refractivity contribution < 1.29 is 28.7 Å². The van der Waals surface area contributed by atoms with Gasteiger partial charge in [0, 0.05) is 23.2 Å². The predicted molar refractivity (Wildman–Crippen MR) is 129 cm³/mol. The van der Waals surface area contributed by atoms with Crippen LogP contribution in [-0.2, 0) is 19.1 Å². The van der Waals surface area contributed by atoms with Gasteiger partial charge >= 0.3 is 5.97 Å². The highest BCUT2D eigenvalue weighted by atomic mass is 35.5. The molecule has 1 unspecified atom stereocenters. The maximum atomic E-state index is 12.6. The Balaban J connectivity index is 2.01. The van der Waals surface area contributed by atoms with Gasteiger partial charge in [0.15, 0.2) is 6.61 Å². The lowest BCUT2D eigenvalue weighted by molar-refractivity contribution is -0.149. The smallest absolute Gasteiger partial charge is 0.329 e.